The van der Waals surface area contributed by atoms with E-state index in [9.17, 15) is 4.79 Å². The molecule has 3 aromatic rings. The topological polar surface area (TPSA) is 67.2 Å². The van der Waals surface area contributed by atoms with Crippen molar-refractivity contribution in [3.8, 4) is 16.8 Å². The minimum atomic E-state index is -0.999. The van der Waals surface area contributed by atoms with Crippen molar-refractivity contribution in [1.29, 1.82) is 0 Å². The molecule has 0 fully saturated rings. The summed E-state index contributed by atoms with van der Waals surface area (Å²) >= 11 is 1.57. The summed E-state index contributed by atoms with van der Waals surface area (Å²) < 4.78 is 1.88. The number of nitrogens with one attached hydrogen (secondary N) is 1. The summed E-state index contributed by atoms with van der Waals surface area (Å²) in [4.78, 5) is 10.5. The summed E-state index contributed by atoms with van der Waals surface area (Å²) in [5.74, 6) is 0.652. The molecule has 6 heteroatoms. The second-order valence-electron chi connectivity index (χ2n) is 5.53. The monoisotopic (exact) mass is 353 g/mol. The number of carboxylic acid groups (broad SMARTS) is 1. The summed E-state index contributed by atoms with van der Waals surface area (Å²) in [7, 11) is 0. The lowest BCUT2D eigenvalue weighted by molar-refractivity contribution is 0.195. The molecule has 0 aliphatic heterocycles. The second kappa shape index (κ2) is 7.90. The second-order valence-corrected chi connectivity index (χ2v) is 6.64. The van der Waals surface area contributed by atoms with Crippen LogP contribution in [0.1, 0.15) is 5.56 Å². The van der Waals surface area contributed by atoms with Crippen molar-refractivity contribution >= 4 is 17.9 Å². The van der Waals surface area contributed by atoms with Gasteiger partial charge in [0.2, 0.25) is 0 Å². The highest BCUT2D eigenvalue weighted by Crippen LogP contribution is 2.27. The number of carbonyl (C=O) groups is 1. The summed E-state index contributed by atoms with van der Waals surface area (Å²) in [6, 6.07) is 18.5. The number of aromatic nitrogens is 2. The molecule has 0 atom stereocenters. The molecule has 5 nitrogen and oxygen atoms in total. The highest BCUT2D eigenvalue weighted by Gasteiger charge is 2.08. The Morgan fingerprint density at radius 1 is 1.20 bits per heavy atom. The first-order valence-electron chi connectivity index (χ1n) is 7.95. The van der Waals surface area contributed by atoms with E-state index >= 15 is 0 Å². The maximum atomic E-state index is 10.5. The molecule has 1 amide bonds. The number of hydrogen-bond acceptors (Lipinski definition) is 3. The number of rotatable bonds is 6. The molecular formula is C19H19N3O2S. The van der Waals surface area contributed by atoms with Crippen LogP contribution in [0.15, 0.2) is 65.8 Å². The highest BCUT2D eigenvalue weighted by atomic mass is 32.2. The van der Waals surface area contributed by atoms with Gasteiger partial charge in [-0.3, -0.25) is 0 Å². The van der Waals surface area contributed by atoms with Crippen molar-refractivity contribution < 1.29 is 9.90 Å². The van der Waals surface area contributed by atoms with Gasteiger partial charge in [-0.2, -0.15) is 5.10 Å². The molecule has 128 valence electrons. The average molecular weight is 353 g/mol. The van der Waals surface area contributed by atoms with Gasteiger partial charge < -0.3 is 10.4 Å². The number of thioether (sulfide) groups is 1. The van der Waals surface area contributed by atoms with Gasteiger partial charge in [0.05, 0.1) is 16.9 Å². The lowest BCUT2D eigenvalue weighted by Gasteiger charge is -2.11. The zero-order valence-electron chi connectivity index (χ0n) is 13.8. The van der Waals surface area contributed by atoms with Crippen LogP contribution < -0.4 is 5.32 Å². The molecule has 1 aromatic heterocycles. The van der Waals surface area contributed by atoms with Crippen LogP contribution in [0.5, 0.6) is 0 Å². The van der Waals surface area contributed by atoms with Crippen LogP contribution in [-0.2, 0) is 0 Å². The number of nitrogens with zero attached hydrogens (tertiary/aromatic N) is 2. The Morgan fingerprint density at radius 3 is 2.72 bits per heavy atom. The fourth-order valence-electron chi connectivity index (χ4n) is 2.63. The summed E-state index contributed by atoms with van der Waals surface area (Å²) in [6.07, 6.45) is 0.758. The molecule has 0 saturated carbocycles. The summed E-state index contributed by atoms with van der Waals surface area (Å²) in [6.45, 7) is 2.50. The number of aryl methyl sites for hydroxylation is 1. The fraction of sp³-hybridized carbons (Fsp3) is 0.158. The maximum Gasteiger partial charge on any atom is 0.404 e. The lowest BCUT2D eigenvalue weighted by atomic mass is 10.0. The van der Waals surface area contributed by atoms with Crippen molar-refractivity contribution in [3.05, 3.63) is 66.4 Å². The Hall–Kier alpha value is -2.73. The molecule has 25 heavy (non-hydrogen) atoms. The Morgan fingerprint density at radius 2 is 2.00 bits per heavy atom. The highest BCUT2D eigenvalue weighted by molar-refractivity contribution is 7.99. The normalized spacial score (nSPS) is 10.6. The van der Waals surface area contributed by atoms with Gasteiger partial charge in [0.1, 0.15) is 0 Å². The van der Waals surface area contributed by atoms with Gasteiger partial charge in [0.15, 0.2) is 0 Å². The third-order valence-electron chi connectivity index (χ3n) is 3.78. The summed E-state index contributed by atoms with van der Waals surface area (Å²) in [5.41, 5.74) is 4.58. The molecule has 0 aliphatic carbocycles. The molecular weight excluding hydrogens is 334 g/mol. The summed E-state index contributed by atoms with van der Waals surface area (Å²) in [5, 5.41) is 16.4. The van der Waals surface area contributed by atoms with Crippen LogP contribution in [-0.4, -0.2) is 33.3 Å². The van der Waals surface area contributed by atoms with E-state index < -0.39 is 6.09 Å². The average Bonchev–Trinajstić information content (AvgIpc) is 3.08. The minimum Gasteiger partial charge on any atom is -0.465 e. The van der Waals surface area contributed by atoms with E-state index in [1.54, 1.807) is 18.0 Å². The maximum absolute atomic E-state index is 10.5. The molecule has 0 bridgehead atoms. The van der Waals surface area contributed by atoms with Crippen LogP contribution >= 0.6 is 11.8 Å². The van der Waals surface area contributed by atoms with E-state index in [-0.39, 0.29) is 0 Å². The molecule has 0 unspecified atom stereocenters. The van der Waals surface area contributed by atoms with E-state index in [2.05, 4.69) is 47.7 Å². The van der Waals surface area contributed by atoms with Crippen LogP contribution in [0.25, 0.3) is 16.8 Å². The van der Waals surface area contributed by atoms with Crippen molar-refractivity contribution in [2.45, 2.75) is 11.9 Å². The standard InChI is InChI=1S/C19H19N3O2S/c1-14-13-16(7-8-17(14)15-5-3-2-4-6-15)22-18(9-10-21-22)25-12-11-20-19(23)24/h2-10,13,20H,11-12H2,1H3,(H,23,24). The zero-order chi connectivity index (χ0) is 17.6. The SMILES string of the molecule is Cc1cc(-n2nccc2SCCNC(=O)O)ccc1-c1ccccc1. The molecule has 2 aromatic carbocycles. The van der Waals surface area contributed by atoms with Gasteiger partial charge in [-0.1, -0.05) is 36.4 Å². The number of benzene rings is 2. The quantitative estimate of drug-likeness (QED) is 0.515. The van der Waals surface area contributed by atoms with Crippen molar-refractivity contribution in [3.63, 3.8) is 0 Å². The number of hydrogen-bond donors (Lipinski definition) is 2. The van der Waals surface area contributed by atoms with E-state index in [1.165, 1.54) is 16.7 Å². The minimum absolute atomic E-state index is 0.400. The van der Waals surface area contributed by atoms with Crippen LogP contribution in [0.4, 0.5) is 4.79 Å². The van der Waals surface area contributed by atoms with E-state index in [1.807, 2.05) is 28.9 Å². The Labute approximate surface area is 150 Å². The Kier molecular flexibility index (Phi) is 5.40. The molecule has 0 radical (unpaired) electrons. The van der Waals surface area contributed by atoms with Crippen LogP contribution in [0.2, 0.25) is 0 Å². The van der Waals surface area contributed by atoms with E-state index in [0.29, 0.717) is 12.3 Å². The first-order valence-corrected chi connectivity index (χ1v) is 8.94. The predicted molar refractivity (Wildman–Crippen MR) is 100 cm³/mol. The van der Waals surface area contributed by atoms with Crippen molar-refractivity contribution in [2.24, 2.45) is 0 Å². The first kappa shape index (κ1) is 17.1. The number of amides is 1. The van der Waals surface area contributed by atoms with Crippen molar-refractivity contribution in [2.75, 3.05) is 12.3 Å². The van der Waals surface area contributed by atoms with E-state index in [4.69, 9.17) is 5.11 Å². The molecule has 0 saturated heterocycles. The van der Waals surface area contributed by atoms with Crippen LogP contribution in [0, 0.1) is 6.92 Å². The molecule has 2 N–H and O–H groups in total. The first-order chi connectivity index (χ1) is 12.1. The fourth-order valence-corrected chi connectivity index (χ4v) is 3.47. The lowest BCUT2D eigenvalue weighted by Crippen LogP contribution is -2.23. The smallest absolute Gasteiger partial charge is 0.404 e. The van der Waals surface area contributed by atoms with Gasteiger partial charge >= 0.3 is 6.09 Å². The third kappa shape index (κ3) is 4.22. The van der Waals surface area contributed by atoms with Crippen molar-refractivity contribution in [1.82, 2.24) is 15.1 Å². The molecule has 1 heterocycles. The third-order valence-corrected chi connectivity index (χ3v) is 4.79. The molecule has 3 rings (SSSR count). The largest absolute Gasteiger partial charge is 0.465 e. The van der Waals surface area contributed by atoms with Gasteiger partial charge in [-0.25, -0.2) is 9.48 Å². The Bertz CT molecular complexity index is 862. The Balaban J connectivity index is 1.78. The zero-order valence-corrected chi connectivity index (χ0v) is 14.7. The van der Waals surface area contributed by atoms with E-state index in [0.717, 1.165) is 10.7 Å². The van der Waals surface area contributed by atoms with Crippen LogP contribution in [0.3, 0.4) is 0 Å². The van der Waals surface area contributed by atoms with Gasteiger partial charge in [0.25, 0.3) is 0 Å². The van der Waals surface area contributed by atoms with Gasteiger partial charge in [-0.15, -0.1) is 11.8 Å². The predicted octanol–water partition coefficient (Wildman–Crippen LogP) is 4.21. The molecule has 0 aliphatic rings. The van der Waals surface area contributed by atoms with Gasteiger partial charge in [-0.05, 0) is 41.8 Å². The van der Waals surface area contributed by atoms with Gasteiger partial charge in [0, 0.05) is 12.3 Å². The molecule has 0 spiro atoms.